The Bertz CT molecular complexity index is 886. The predicted octanol–water partition coefficient (Wildman–Crippen LogP) is 2.53. The van der Waals surface area contributed by atoms with E-state index in [-0.39, 0.29) is 18.4 Å². The third-order valence-corrected chi connectivity index (χ3v) is 5.51. The first-order chi connectivity index (χ1) is 17.1. The molecular formula is C25H36ClN5O4. The standard InChI is InChI=1S/C25H36ClN5O4/c1-27-19-21(26)22(28-12-7-5-4-6-8-25(32)30-34-3)11-13-29-23-10-9-20(18-24(23)33-2)31-14-16-35-17-15-31/h4-7,9-11,13,19,24,28-29H,8,12,14-18H2,1-3H3,(H,30,32)/b6-4-,7-5-,13-11+,22-21-,27-19?. The van der Waals surface area contributed by atoms with Gasteiger partial charge in [0.2, 0.25) is 5.91 Å². The van der Waals surface area contributed by atoms with Gasteiger partial charge in [0, 0.05) is 70.4 Å². The van der Waals surface area contributed by atoms with Gasteiger partial charge in [-0.15, -0.1) is 0 Å². The molecule has 0 radical (unpaired) electrons. The number of morpholine rings is 1. The molecule has 1 amide bonds. The predicted molar refractivity (Wildman–Crippen MR) is 140 cm³/mol. The highest BCUT2D eigenvalue weighted by Crippen LogP contribution is 2.23. The van der Waals surface area contributed by atoms with Crippen LogP contribution in [0.2, 0.25) is 0 Å². The molecule has 1 atom stereocenters. The van der Waals surface area contributed by atoms with Crippen molar-refractivity contribution in [2.75, 3.05) is 54.1 Å². The lowest BCUT2D eigenvalue weighted by atomic mass is 10.0. The number of rotatable bonds is 13. The third kappa shape index (κ3) is 10.5. The van der Waals surface area contributed by atoms with Crippen LogP contribution < -0.4 is 16.1 Å². The Morgan fingerprint density at radius 1 is 1.26 bits per heavy atom. The summed E-state index contributed by atoms with van der Waals surface area (Å²) in [5, 5.41) is 7.08. The maximum Gasteiger partial charge on any atom is 0.247 e. The van der Waals surface area contributed by atoms with Crippen LogP contribution >= 0.6 is 11.6 Å². The van der Waals surface area contributed by atoms with Crippen LogP contribution in [0.4, 0.5) is 0 Å². The lowest BCUT2D eigenvalue weighted by Gasteiger charge is -2.34. The Balaban J connectivity index is 1.94. The number of allylic oxidation sites excluding steroid dienone is 6. The van der Waals surface area contributed by atoms with E-state index in [1.807, 2.05) is 24.4 Å². The van der Waals surface area contributed by atoms with Gasteiger partial charge in [-0.3, -0.25) is 14.6 Å². The Morgan fingerprint density at radius 3 is 2.74 bits per heavy atom. The highest BCUT2D eigenvalue weighted by molar-refractivity contribution is 6.39. The minimum Gasteiger partial charge on any atom is -0.380 e. The minimum absolute atomic E-state index is 0.0590. The summed E-state index contributed by atoms with van der Waals surface area (Å²) in [7, 11) is 4.79. The molecule has 0 spiro atoms. The molecule has 0 aromatic rings. The number of nitrogens with one attached hydrogen (secondary N) is 3. The van der Waals surface area contributed by atoms with E-state index in [0.717, 1.165) is 38.4 Å². The van der Waals surface area contributed by atoms with Gasteiger partial charge in [0.1, 0.15) is 6.10 Å². The zero-order valence-electron chi connectivity index (χ0n) is 20.6. The first kappa shape index (κ1) is 28.4. The third-order valence-electron chi connectivity index (χ3n) is 5.21. The Kier molecular flexibility index (Phi) is 13.6. The molecule has 0 aromatic carbocycles. The van der Waals surface area contributed by atoms with Crippen molar-refractivity contribution in [3.8, 4) is 0 Å². The van der Waals surface area contributed by atoms with Crippen molar-refractivity contribution in [1.29, 1.82) is 0 Å². The van der Waals surface area contributed by atoms with Gasteiger partial charge < -0.3 is 25.0 Å². The molecule has 10 heteroatoms. The van der Waals surface area contributed by atoms with Gasteiger partial charge in [-0.1, -0.05) is 35.9 Å². The highest BCUT2D eigenvalue weighted by atomic mass is 35.5. The summed E-state index contributed by atoms with van der Waals surface area (Å²) in [5.74, 6) is -0.208. The SMILES string of the molecule is CN=C/C(Cl)=C(\C=C\NC1=CC=C(N2CCOCC2)CC1OC)NC/C=C\C=C/CC(=O)NOC. The average Bonchev–Trinajstić information content (AvgIpc) is 2.87. The highest BCUT2D eigenvalue weighted by Gasteiger charge is 2.23. The van der Waals surface area contributed by atoms with E-state index in [1.54, 1.807) is 32.5 Å². The molecule has 1 aliphatic carbocycles. The number of carbonyl (C=O) groups excluding carboxylic acids is 1. The number of hydroxylamine groups is 1. The van der Waals surface area contributed by atoms with Crippen molar-refractivity contribution in [2.45, 2.75) is 18.9 Å². The molecule has 192 valence electrons. The molecule has 1 unspecified atom stereocenters. The van der Waals surface area contributed by atoms with E-state index < -0.39 is 0 Å². The summed E-state index contributed by atoms with van der Waals surface area (Å²) >= 11 is 6.39. The van der Waals surface area contributed by atoms with Crippen LogP contribution in [0.25, 0.3) is 0 Å². The van der Waals surface area contributed by atoms with Crippen LogP contribution in [0.5, 0.6) is 0 Å². The summed E-state index contributed by atoms with van der Waals surface area (Å²) in [6, 6.07) is 0. The van der Waals surface area contributed by atoms with Crippen LogP contribution in [-0.4, -0.2) is 77.2 Å². The number of ether oxygens (including phenoxy) is 2. The largest absolute Gasteiger partial charge is 0.380 e. The van der Waals surface area contributed by atoms with Crippen molar-refractivity contribution in [1.82, 2.24) is 21.0 Å². The molecule has 2 rings (SSSR count). The lowest BCUT2D eigenvalue weighted by Crippen LogP contribution is -2.38. The second kappa shape index (κ2) is 16.7. The molecule has 0 saturated carbocycles. The van der Waals surface area contributed by atoms with E-state index in [1.165, 1.54) is 12.8 Å². The molecule has 1 aliphatic heterocycles. The van der Waals surface area contributed by atoms with Crippen molar-refractivity contribution < 1.29 is 19.1 Å². The number of nitrogens with zero attached hydrogens (tertiary/aromatic N) is 2. The summed E-state index contributed by atoms with van der Waals surface area (Å²) in [4.78, 5) is 22.2. The molecule has 1 fully saturated rings. The number of hydrogen-bond donors (Lipinski definition) is 3. The van der Waals surface area contributed by atoms with Crippen LogP contribution in [0.1, 0.15) is 12.8 Å². The Morgan fingerprint density at radius 2 is 2.03 bits per heavy atom. The first-order valence-electron chi connectivity index (χ1n) is 11.5. The van der Waals surface area contributed by atoms with Crippen LogP contribution in [0.3, 0.4) is 0 Å². The van der Waals surface area contributed by atoms with E-state index in [2.05, 4.69) is 43.0 Å². The topological polar surface area (TPSA) is 96.5 Å². The maximum atomic E-state index is 11.3. The monoisotopic (exact) mass is 505 g/mol. The summed E-state index contributed by atoms with van der Waals surface area (Å²) in [5.41, 5.74) is 5.21. The zero-order chi connectivity index (χ0) is 25.3. The van der Waals surface area contributed by atoms with Crippen molar-refractivity contribution in [2.24, 2.45) is 4.99 Å². The number of aliphatic imine (C=N–C) groups is 1. The second-order valence-corrected chi connectivity index (χ2v) is 8.01. The van der Waals surface area contributed by atoms with Gasteiger partial charge in [0.15, 0.2) is 0 Å². The van der Waals surface area contributed by atoms with Crippen LogP contribution in [-0.2, 0) is 19.1 Å². The minimum atomic E-state index is -0.208. The maximum absolute atomic E-state index is 11.3. The second-order valence-electron chi connectivity index (χ2n) is 7.61. The lowest BCUT2D eigenvalue weighted by molar-refractivity contribution is -0.130. The molecule has 9 nitrogen and oxygen atoms in total. The Labute approximate surface area is 212 Å². The van der Waals surface area contributed by atoms with Crippen molar-refractivity contribution >= 4 is 23.7 Å². The van der Waals surface area contributed by atoms with Gasteiger partial charge in [0.25, 0.3) is 0 Å². The Hall–Kier alpha value is -2.85. The van der Waals surface area contributed by atoms with Gasteiger partial charge in [0.05, 0.1) is 31.1 Å². The fourth-order valence-corrected chi connectivity index (χ4v) is 3.68. The van der Waals surface area contributed by atoms with Gasteiger partial charge in [-0.2, -0.15) is 0 Å². The van der Waals surface area contributed by atoms with E-state index in [0.29, 0.717) is 17.3 Å². The zero-order valence-corrected chi connectivity index (χ0v) is 21.4. The first-order valence-corrected chi connectivity index (χ1v) is 11.9. The molecule has 0 bridgehead atoms. The number of halogens is 1. The molecule has 35 heavy (non-hydrogen) atoms. The fourth-order valence-electron chi connectivity index (χ4n) is 3.45. The number of hydrogen-bond acceptors (Lipinski definition) is 8. The number of methoxy groups -OCH3 is 1. The summed E-state index contributed by atoms with van der Waals surface area (Å²) in [6.07, 6.45) is 17.8. The van der Waals surface area contributed by atoms with E-state index >= 15 is 0 Å². The average molecular weight is 506 g/mol. The van der Waals surface area contributed by atoms with Crippen molar-refractivity contribution in [3.63, 3.8) is 0 Å². The quantitative estimate of drug-likeness (QED) is 0.201. The summed E-state index contributed by atoms with van der Waals surface area (Å²) < 4.78 is 11.2. The molecule has 2 aliphatic rings. The van der Waals surface area contributed by atoms with Crippen molar-refractivity contribution in [3.05, 3.63) is 70.9 Å². The normalized spacial score (nSPS) is 19.9. The van der Waals surface area contributed by atoms with Gasteiger partial charge >= 0.3 is 0 Å². The van der Waals surface area contributed by atoms with Gasteiger partial charge in [-0.25, -0.2) is 5.48 Å². The fraction of sp³-hybridized carbons (Fsp3) is 0.440. The van der Waals surface area contributed by atoms with Gasteiger partial charge in [-0.05, 0) is 18.2 Å². The smallest absolute Gasteiger partial charge is 0.247 e. The van der Waals surface area contributed by atoms with E-state index in [9.17, 15) is 4.79 Å². The molecular weight excluding hydrogens is 470 g/mol. The van der Waals surface area contributed by atoms with E-state index in [4.69, 9.17) is 21.1 Å². The molecule has 3 N–H and O–H groups in total. The molecule has 0 aromatic heterocycles. The molecule has 1 saturated heterocycles. The number of amides is 1. The van der Waals surface area contributed by atoms with Crippen LogP contribution in [0.15, 0.2) is 75.8 Å². The van der Waals surface area contributed by atoms with Crippen LogP contribution in [0, 0.1) is 0 Å². The molecule has 1 heterocycles. The summed E-state index contributed by atoms with van der Waals surface area (Å²) in [6.45, 7) is 3.87. The number of carbonyl (C=O) groups is 1.